The van der Waals surface area contributed by atoms with Crippen molar-refractivity contribution in [2.75, 3.05) is 6.61 Å². The molecule has 0 N–H and O–H groups in total. The predicted octanol–water partition coefficient (Wildman–Crippen LogP) is 3.85. The first-order valence-corrected chi connectivity index (χ1v) is 7.56. The first kappa shape index (κ1) is 13.1. The van der Waals surface area contributed by atoms with E-state index in [1.54, 1.807) is 0 Å². The van der Waals surface area contributed by atoms with Crippen molar-refractivity contribution in [1.29, 1.82) is 5.26 Å². The van der Waals surface area contributed by atoms with Gasteiger partial charge in [-0.05, 0) is 35.7 Å². The smallest absolute Gasteiger partial charge is 0.119 e. The molecule has 0 amide bonds. The summed E-state index contributed by atoms with van der Waals surface area (Å²) < 4.78 is 5.85. The fourth-order valence-corrected chi connectivity index (χ4v) is 3.55. The zero-order chi connectivity index (χ0) is 13.8. The van der Waals surface area contributed by atoms with Crippen molar-refractivity contribution in [2.24, 2.45) is 0 Å². The summed E-state index contributed by atoms with van der Waals surface area (Å²) in [5.41, 5.74) is 2.46. The number of nitrogens with zero attached hydrogens (tertiary/aromatic N) is 1. The van der Waals surface area contributed by atoms with Gasteiger partial charge in [0.05, 0.1) is 12.5 Å². The van der Waals surface area contributed by atoms with Crippen LogP contribution < -0.4 is 4.74 Å². The number of benzene rings is 2. The molecule has 0 saturated carbocycles. The summed E-state index contributed by atoms with van der Waals surface area (Å²) in [7, 11) is 0. The Labute approximate surface area is 123 Å². The van der Waals surface area contributed by atoms with Crippen LogP contribution in [0.1, 0.15) is 11.1 Å². The van der Waals surface area contributed by atoms with Crippen LogP contribution in [0.5, 0.6) is 5.75 Å². The van der Waals surface area contributed by atoms with Gasteiger partial charge in [-0.3, -0.25) is 0 Å². The molecule has 0 spiro atoms. The van der Waals surface area contributed by atoms with E-state index in [2.05, 4.69) is 30.3 Å². The number of fused-ring (bicyclic) bond motifs is 1. The van der Waals surface area contributed by atoms with Crippen molar-refractivity contribution < 1.29 is 4.74 Å². The summed E-state index contributed by atoms with van der Waals surface area (Å²) in [6.07, 6.45) is 1.53. The van der Waals surface area contributed by atoms with Crippen molar-refractivity contribution in [1.82, 2.24) is 0 Å². The van der Waals surface area contributed by atoms with E-state index in [4.69, 9.17) is 10.00 Å². The van der Waals surface area contributed by atoms with Gasteiger partial charge in [0.1, 0.15) is 12.4 Å². The summed E-state index contributed by atoms with van der Waals surface area (Å²) in [4.78, 5) is 1.38. The van der Waals surface area contributed by atoms with Gasteiger partial charge in [0.25, 0.3) is 0 Å². The molecule has 1 aliphatic heterocycles. The monoisotopic (exact) mass is 281 g/mol. The Morgan fingerprint density at radius 3 is 2.70 bits per heavy atom. The molecule has 3 heteroatoms. The second kappa shape index (κ2) is 6.02. The second-order valence-electron chi connectivity index (χ2n) is 4.84. The second-order valence-corrected chi connectivity index (χ2v) is 6.18. The van der Waals surface area contributed by atoms with Gasteiger partial charge in [-0.1, -0.05) is 30.3 Å². The highest BCUT2D eigenvalue weighted by molar-refractivity contribution is 8.00. The molecule has 0 saturated heterocycles. The summed E-state index contributed by atoms with van der Waals surface area (Å²) in [6, 6.07) is 18.5. The first-order chi connectivity index (χ1) is 9.85. The average Bonchev–Trinajstić information content (AvgIpc) is 2.90. The molecular weight excluding hydrogens is 266 g/mol. The van der Waals surface area contributed by atoms with Crippen LogP contribution in [0.4, 0.5) is 0 Å². The van der Waals surface area contributed by atoms with Gasteiger partial charge < -0.3 is 4.74 Å². The van der Waals surface area contributed by atoms with E-state index in [0.29, 0.717) is 11.7 Å². The highest BCUT2D eigenvalue weighted by Gasteiger charge is 2.22. The molecule has 1 unspecified atom stereocenters. The highest BCUT2D eigenvalue weighted by Crippen LogP contribution is 2.36. The van der Waals surface area contributed by atoms with E-state index in [-0.39, 0.29) is 0 Å². The molecule has 3 rings (SSSR count). The highest BCUT2D eigenvalue weighted by atomic mass is 32.2. The summed E-state index contributed by atoms with van der Waals surface area (Å²) in [5.74, 6) is 0.878. The topological polar surface area (TPSA) is 33.0 Å². The summed E-state index contributed by atoms with van der Waals surface area (Å²) in [5, 5.41) is 9.13. The van der Waals surface area contributed by atoms with Crippen LogP contribution in [0.25, 0.3) is 0 Å². The molecule has 2 aromatic carbocycles. The van der Waals surface area contributed by atoms with Gasteiger partial charge >= 0.3 is 0 Å². The molecular formula is C17H15NOS. The molecule has 1 aliphatic rings. The fourth-order valence-electron chi connectivity index (χ4n) is 2.33. The van der Waals surface area contributed by atoms with Crippen LogP contribution in [-0.4, -0.2) is 11.9 Å². The number of hydrogen-bond donors (Lipinski definition) is 0. The van der Waals surface area contributed by atoms with E-state index in [0.717, 1.165) is 24.3 Å². The van der Waals surface area contributed by atoms with E-state index in [9.17, 15) is 0 Å². The Bertz CT molecular complexity index is 605. The standard InChI is InChI=1S/C17H15NOS/c18-10-9-13-5-7-15(8-6-13)19-12-16-11-14-3-1-2-4-17(14)20-16/h1-8,16H,9,11-12H2. The van der Waals surface area contributed by atoms with Crippen LogP contribution in [-0.2, 0) is 12.8 Å². The van der Waals surface area contributed by atoms with Crippen LogP contribution in [0.15, 0.2) is 53.4 Å². The summed E-state index contributed by atoms with van der Waals surface area (Å²) >= 11 is 1.90. The fraction of sp³-hybridized carbons (Fsp3) is 0.235. The molecule has 1 atom stereocenters. The number of nitriles is 1. The number of thioether (sulfide) groups is 1. The Hall–Kier alpha value is -1.92. The Morgan fingerprint density at radius 1 is 1.15 bits per heavy atom. The van der Waals surface area contributed by atoms with Crippen molar-refractivity contribution >= 4 is 11.8 Å². The number of rotatable bonds is 4. The van der Waals surface area contributed by atoms with Gasteiger partial charge in [-0.25, -0.2) is 0 Å². The molecule has 0 bridgehead atoms. The molecule has 2 aromatic rings. The third kappa shape index (κ3) is 2.97. The maximum absolute atomic E-state index is 8.64. The zero-order valence-electron chi connectivity index (χ0n) is 11.1. The largest absolute Gasteiger partial charge is 0.492 e. The van der Waals surface area contributed by atoms with Gasteiger partial charge in [0, 0.05) is 10.1 Å². The predicted molar refractivity (Wildman–Crippen MR) is 81.0 cm³/mol. The molecule has 0 radical (unpaired) electrons. The normalized spacial score (nSPS) is 16.4. The molecule has 100 valence electrons. The molecule has 0 aromatic heterocycles. The minimum absolute atomic E-state index is 0.452. The van der Waals surface area contributed by atoms with Crippen LogP contribution in [0.2, 0.25) is 0 Å². The molecule has 20 heavy (non-hydrogen) atoms. The van der Waals surface area contributed by atoms with Gasteiger partial charge in [0.2, 0.25) is 0 Å². The van der Waals surface area contributed by atoms with Crippen molar-refractivity contribution in [2.45, 2.75) is 23.0 Å². The van der Waals surface area contributed by atoms with Crippen LogP contribution in [0.3, 0.4) is 0 Å². The van der Waals surface area contributed by atoms with E-state index >= 15 is 0 Å². The Kier molecular flexibility index (Phi) is 3.94. The quantitative estimate of drug-likeness (QED) is 0.853. The maximum Gasteiger partial charge on any atom is 0.119 e. The lowest BCUT2D eigenvalue weighted by atomic mass is 10.1. The average molecular weight is 281 g/mol. The third-order valence-electron chi connectivity index (χ3n) is 3.36. The SMILES string of the molecule is N#CCc1ccc(OCC2Cc3ccccc3S2)cc1. The van der Waals surface area contributed by atoms with Crippen LogP contribution >= 0.6 is 11.8 Å². The van der Waals surface area contributed by atoms with Crippen LogP contribution in [0, 0.1) is 11.3 Å². The van der Waals surface area contributed by atoms with Crippen molar-refractivity contribution in [3.8, 4) is 11.8 Å². The van der Waals surface area contributed by atoms with Crippen molar-refractivity contribution in [3.63, 3.8) is 0 Å². The lowest BCUT2D eigenvalue weighted by Crippen LogP contribution is -2.13. The Morgan fingerprint density at radius 2 is 1.95 bits per heavy atom. The number of hydrogen-bond acceptors (Lipinski definition) is 3. The lowest BCUT2D eigenvalue weighted by molar-refractivity contribution is 0.317. The van der Waals surface area contributed by atoms with E-state index in [1.807, 2.05) is 36.0 Å². The maximum atomic E-state index is 8.64. The molecule has 0 aliphatic carbocycles. The van der Waals surface area contributed by atoms with E-state index in [1.165, 1.54) is 10.5 Å². The number of ether oxygens (including phenoxy) is 1. The van der Waals surface area contributed by atoms with E-state index < -0.39 is 0 Å². The molecule has 1 heterocycles. The van der Waals surface area contributed by atoms with Crippen molar-refractivity contribution in [3.05, 3.63) is 59.7 Å². The Balaban J connectivity index is 1.55. The van der Waals surface area contributed by atoms with Gasteiger partial charge in [-0.2, -0.15) is 5.26 Å². The van der Waals surface area contributed by atoms with Gasteiger partial charge in [-0.15, -0.1) is 11.8 Å². The first-order valence-electron chi connectivity index (χ1n) is 6.68. The molecule has 2 nitrogen and oxygen atoms in total. The zero-order valence-corrected chi connectivity index (χ0v) is 11.9. The third-order valence-corrected chi connectivity index (χ3v) is 4.64. The van der Waals surface area contributed by atoms with Gasteiger partial charge in [0.15, 0.2) is 0 Å². The summed E-state index contributed by atoms with van der Waals surface area (Å²) in [6.45, 7) is 0.719. The molecule has 0 fully saturated rings. The lowest BCUT2D eigenvalue weighted by Gasteiger charge is -2.11. The minimum atomic E-state index is 0.452. The minimum Gasteiger partial charge on any atom is -0.492 e.